The number of aromatic nitrogens is 4. The first kappa shape index (κ1) is 15.8. The van der Waals surface area contributed by atoms with Crippen molar-refractivity contribution in [3.8, 4) is 5.69 Å². The maximum Gasteiger partial charge on any atom is 0.228 e. The van der Waals surface area contributed by atoms with Crippen molar-refractivity contribution in [1.82, 2.24) is 20.2 Å². The number of nitrogens with one attached hydrogen (secondary N) is 1. The number of carbonyl (C=O) groups excluding carboxylic acids is 1. The second-order valence-corrected chi connectivity index (χ2v) is 5.32. The monoisotopic (exact) mass is 323 g/mol. The third-order valence-electron chi connectivity index (χ3n) is 3.55. The number of carbonyl (C=O) groups is 1. The number of benzene rings is 2. The Hall–Kier alpha value is -3.06. The summed E-state index contributed by atoms with van der Waals surface area (Å²) in [6.45, 7) is 0.117. The molecule has 122 valence electrons. The third-order valence-corrected chi connectivity index (χ3v) is 3.55. The highest BCUT2D eigenvalue weighted by molar-refractivity contribution is 5.92. The topological polar surface area (TPSA) is 92.9 Å². The molecule has 7 nitrogen and oxygen atoms in total. The van der Waals surface area contributed by atoms with Gasteiger partial charge in [-0.05, 0) is 52.2 Å². The van der Waals surface area contributed by atoms with E-state index in [-0.39, 0.29) is 18.9 Å². The molecule has 0 aliphatic heterocycles. The number of rotatable bonds is 6. The fraction of sp³-hybridized carbons (Fsp3) is 0.176. The fourth-order valence-electron chi connectivity index (χ4n) is 2.32. The van der Waals surface area contributed by atoms with Crippen LogP contribution in [-0.2, 0) is 17.6 Å². The van der Waals surface area contributed by atoms with Crippen molar-refractivity contribution in [3.63, 3.8) is 0 Å². The summed E-state index contributed by atoms with van der Waals surface area (Å²) in [6, 6.07) is 14.9. The number of amides is 1. The lowest BCUT2D eigenvalue weighted by Crippen LogP contribution is -2.14. The van der Waals surface area contributed by atoms with Crippen LogP contribution in [0.4, 0.5) is 5.69 Å². The first-order valence-corrected chi connectivity index (χ1v) is 7.56. The van der Waals surface area contributed by atoms with Crippen molar-refractivity contribution < 1.29 is 9.90 Å². The summed E-state index contributed by atoms with van der Waals surface area (Å²) in [5, 5.41) is 22.7. The van der Waals surface area contributed by atoms with Gasteiger partial charge in [0.2, 0.25) is 5.91 Å². The highest BCUT2D eigenvalue weighted by Gasteiger charge is 2.05. The van der Waals surface area contributed by atoms with Crippen LogP contribution in [0.2, 0.25) is 0 Å². The van der Waals surface area contributed by atoms with E-state index in [0.29, 0.717) is 6.42 Å². The SMILES string of the molecule is O=C(Cc1ccc(-n2cnnn2)cc1)Nc1ccc(CCO)cc1. The number of tetrazole rings is 1. The Morgan fingerprint density at radius 3 is 2.38 bits per heavy atom. The zero-order valence-corrected chi connectivity index (χ0v) is 13.0. The van der Waals surface area contributed by atoms with E-state index in [1.54, 1.807) is 4.68 Å². The van der Waals surface area contributed by atoms with E-state index in [1.165, 1.54) is 6.33 Å². The molecule has 2 aromatic carbocycles. The van der Waals surface area contributed by atoms with E-state index in [4.69, 9.17) is 5.11 Å². The van der Waals surface area contributed by atoms with Crippen molar-refractivity contribution in [2.75, 3.05) is 11.9 Å². The lowest BCUT2D eigenvalue weighted by atomic mass is 10.1. The van der Waals surface area contributed by atoms with E-state index < -0.39 is 0 Å². The van der Waals surface area contributed by atoms with Crippen LogP contribution < -0.4 is 5.32 Å². The summed E-state index contributed by atoms with van der Waals surface area (Å²) in [5.41, 5.74) is 3.52. The van der Waals surface area contributed by atoms with Crippen LogP contribution in [-0.4, -0.2) is 37.8 Å². The van der Waals surface area contributed by atoms with E-state index >= 15 is 0 Å². The molecule has 0 aliphatic rings. The molecule has 0 radical (unpaired) electrons. The molecule has 2 N–H and O–H groups in total. The largest absolute Gasteiger partial charge is 0.396 e. The molecule has 0 spiro atoms. The Labute approximate surface area is 138 Å². The Bertz CT molecular complexity index is 783. The number of hydrogen-bond donors (Lipinski definition) is 2. The van der Waals surface area contributed by atoms with Gasteiger partial charge in [-0.1, -0.05) is 24.3 Å². The number of aliphatic hydroxyl groups is 1. The molecule has 1 aromatic heterocycles. The maximum absolute atomic E-state index is 12.1. The normalized spacial score (nSPS) is 10.5. The van der Waals surface area contributed by atoms with Gasteiger partial charge < -0.3 is 10.4 Å². The van der Waals surface area contributed by atoms with Crippen molar-refractivity contribution in [2.45, 2.75) is 12.8 Å². The Balaban J connectivity index is 1.58. The van der Waals surface area contributed by atoms with Gasteiger partial charge in [0.1, 0.15) is 6.33 Å². The van der Waals surface area contributed by atoms with Crippen LogP contribution >= 0.6 is 0 Å². The molecule has 0 saturated carbocycles. The van der Waals surface area contributed by atoms with Crippen LogP contribution in [0.25, 0.3) is 5.69 Å². The first-order chi connectivity index (χ1) is 11.7. The standard InChI is InChI=1S/C17H17N5O2/c23-10-9-13-1-5-15(6-2-13)19-17(24)11-14-3-7-16(8-4-14)22-12-18-20-21-22/h1-8,12,23H,9-11H2,(H,19,24). The Morgan fingerprint density at radius 1 is 1.04 bits per heavy atom. The summed E-state index contributed by atoms with van der Waals surface area (Å²) >= 11 is 0. The van der Waals surface area contributed by atoms with Crippen LogP contribution in [0.15, 0.2) is 54.9 Å². The lowest BCUT2D eigenvalue weighted by Gasteiger charge is -2.07. The smallest absolute Gasteiger partial charge is 0.228 e. The molecule has 0 saturated heterocycles. The molecule has 0 fully saturated rings. The third kappa shape index (κ3) is 4.02. The fourth-order valence-corrected chi connectivity index (χ4v) is 2.32. The summed E-state index contributed by atoms with van der Waals surface area (Å²) in [5.74, 6) is -0.0833. The highest BCUT2D eigenvalue weighted by atomic mass is 16.3. The van der Waals surface area contributed by atoms with Crippen molar-refractivity contribution in [3.05, 3.63) is 66.0 Å². The molecule has 7 heteroatoms. The van der Waals surface area contributed by atoms with Gasteiger partial charge in [-0.3, -0.25) is 4.79 Å². The van der Waals surface area contributed by atoms with Gasteiger partial charge in [-0.15, -0.1) is 5.10 Å². The van der Waals surface area contributed by atoms with Gasteiger partial charge in [0.25, 0.3) is 0 Å². The minimum atomic E-state index is -0.0833. The zero-order chi connectivity index (χ0) is 16.8. The Morgan fingerprint density at radius 2 is 1.75 bits per heavy atom. The van der Waals surface area contributed by atoms with Crippen LogP contribution in [0.1, 0.15) is 11.1 Å². The molecule has 24 heavy (non-hydrogen) atoms. The van der Waals surface area contributed by atoms with Gasteiger partial charge in [-0.2, -0.15) is 0 Å². The predicted molar refractivity (Wildman–Crippen MR) is 88.7 cm³/mol. The minimum Gasteiger partial charge on any atom is -0.396 e. The molecule has 3 aromatic rings. The average molecular weight is 323 g/mol. The molecule has 3 rings (SSSR count). The predicted octanol–water partition coefficient (Wildman–Crippen LogP) is 1.38. The number of aliphatic hydroxyl groups excluding tert-OH is 1. The second kappa shape index (κ2) is 7.47. The number of nitrogens with zero attached hydrogens (tertiary/aromatic N) is 4. The minimum absolute atomic E-state index is 0.0833. The van der Waals surface area contributed by atoms with Gasteiger partial charge in [0, 0.05) is 12.3 Å². The summed E-state index contributed by atoms with van der Waals surface area (Å²) in [6.07, 6.45) is 2.41. The molecule has 0 unspecified atom stereocenters. The van der Waals surface area contributed by atoms with Gasteiger partial charge >= 0.3 is 0 Å². The maximum atomic E-state index is 12.1. The quantitative estimate of drug-likeness (QED) is 0.715. The van der Waals surface area contributed by atoms with Crippen molar-refractivity contribution in [1.29, 1.82) is 0 Å². The van der Waals surface area contributed by atoms with E-state index in [9.17, 15) is 4.79 Å². The average Bonchev–Trinajstić information content (AvgIpc) is 3.12. The van der Waals surface area contributed by atoms with E-state index in [0.717, 1.165) is 22.5 Å². The summed E-state index contributed by atoms with van der Waals surface area (Å²) in [4.78, 5) is 12.1. The van der Waals surface area contributed by atoms with E-state index in [2.05, 4.69) is 20.8 Å². The molecule has 1 amide bonds. The molecular formula is C17H17N5O2. The van der Waals surface area contributed by atoms with Crippen LogP contribution in [0.3, 0.4) is 0 Å². The Kier molecular flexibility index (Phi) is 4.93. The number of anilines is 1. The van der Waals surface area contributed by atoms with Crippen molar-refractivity contribution in [2.24, 2.45) is 0 Å². The molecular weight excluding hydrogens is 306 g/mol. The molecule has 0 bridgehead atoms. The van der Waals surface area contributed by atoms with Gasteiger partial charge in [0.05, 0.1) is 12.1 Å². The van der Waals surface area contributed by atoms with Crippen LogP contribution in [0, 0.1) is 0 Å². The highest BCUT2D eigenvalue weighted by Crippen LogP contribution is 2.12. The van der Waals surface area contributed by atoms with Gasteiger partial charge in [-0.25, -0.2) is 4.68 Å². The molecule has 0 aliphatic carbocycles. The second-order valence-electron chi connectivity index (χ2n) is 5.32. The van der Waals surface area contributed by atoms with Gasteiger partial charge in [0.15, 0.2) is 0 Å². The summed E-state index contributed by atoms with van der Waals surface area (Å²) in [7, 11) is 0. The summed E-state index contributed by atoms with van der Waals surface area (Å²) < 4.78 is 1.55. The first-order valence-electron chi connectivity index (χ1n) is 7.56. The molecule has 1 heterocycles. The van der Waals surface area contributed by atoms with Crippen molar-refractivity contribution >= 4 is 11.6 Å². The zero-order valence-electron chi connectivity index (χ0n) is 13.0. The molecule has 0 atom stereocenters. The van der Waals surface area contributed by atoms with E-state index in [1.807, 2.05) is 48.5 Å². The van der Waals surface area contributed by atoms with Crippen LogP contribution in [0.5, 0.6) is 0 Å². The lowest BCUT2D eigenvalue weighted by molar-refractivity contribution is -0.115. The number of hydrogen-bond acceptors (Lipinski definition) is 5.